The summed E-state index contributed by atoms with van der Waals surface area (Å²) in [7, 11) is 3.15. The molecule has 0 bridgehead atoms. The molecule has 0 aliphatic carbocycles. The number of esters is 1. The van der Waals surface area contributed by atoms with Gasteiger partial charge in [0.2, 0.25) is 0 Å². The lowest BCUT2D eigenvalue weighted by Gasteiger charge is -1.97. The Hall–Kier alpha value is -1.95. The lowest BCUT2D eigenvalue weighted by molar-refractivity contribution is -0.133. The Morgan fingerprint density at radius 1 is 1.36 bits per heavy atom. The second-order valence-corrected chi connectivity index (χ2v) is 2.57. The molecule has 0 unspecified atom stereocenters. The minimum Gasteiger partial charge on any atom is -0.459 e. The molecular formula is C11H11NO2. The molecule has 14 heavy (non-hydrogen) atoms. The van der Waals surface area contributed by atoms with Gasteiger partial charge in [-0.15, -0.1) is 0 Å². The summed E-state index contributed by atoms with van der Waals surface area (Å²) in [5.41, 5.74) is 1.79. The summed E-state index contributed by atoms with van der Waals surface area (Å²) in [5.74, 6) is 4.52. The first-order chi connectivity index (χ1) is 6.76. The summed E-state index contributed by atoms with van der Waals surface area (Å²) in [6.07, 6.45) is 0. The minimum absolute atomic E-state index is 0.525. The molecule has 0 amide bonds. The molecule has 1 rings (SSSR count). The SMILES string of the molecule is CNc1ccc(C#CC(=O)OC)cc1. The lowest BCUT2D eigenvalue weighted by atomic mass is 10.2. The molecule has 0 radical (unpaired) electrons. The molecule has 72 valence electrons. The van der Waals surface area contributed by atoms with Crippen molar-refractivity contribution in [1.29, 1.82) is 0 Å². The van der Waals surface area contributed by atoms with Crippen LogP contribution in [0.5, 0.6) is 0 Å². The van der Waals surface area contributed by atoms with Crippen molar-refractivity contribution in [3.63, 3.8) is 0 Å². The van der Waals surface area contributed by atoms with Crippen LogP contribution in [0.25, 0.3) is 0 Å². The van der Waals surface area contributed by atoms with Gasteiger partial charge in [-0.05, 0) is 24.3 Å². The highest BCUT2D eigenvalue weighted by Gasteiger charge is 1.91. The molecule has 3 nitrogen and oxygen atoms in total. The van der Waals surface area contributed by atoms with Crippen molar-refractivity contribution >= 4 is 11.7 Å². The number of carbonyl (C=O) groups excluding carboxylic acids is 1. The molecule has 0 saturated carbocycles. The van der Waals surface area contributed by atoms with Gasteiger partial charge in [0.15, 0.2) is 0 Å². The summed E-state index contributed by atoms with van der Waals surface area (Å²) in [5, 5.41) is 2.99. The van der Waals surface area contributed by atoms with Crippen LogP contribution in [-0.4, -0.2) is 20.1 Å². The zero-order chi connectivity index (χ0) is 10.4. The molecule has 3 heteroatoms. The number of ether oxygens (including phenoxy) is 1. The van der Waals surface area contributed by atoms with E-state index in [4.69, 9.17) is 0 Å². The van der Waals surface area contributed by atoms with Gasteiger partial charge in [-0.3, -0.25) is 0 Å². The molecule has 0 fully saturated rings. The van der Waals surface area contributed by atoms with E-state index in [0.717, 1.165) is 11.3 Å². The molecule has 0 spiro atoms. The van der Waals surface area contributed by atoms with E-state index in [2.05, 4.69) is 21.9 Å². The molecule has 0 aliphatic heterocycles. The molecule has 1 aromatic rings. The quantitative estimate of drug-likeness (QED) is 0.533. The Labute approximate surface area is 83.1 Å². The van der Waals surface area contributed by atoms with Crippen molar-refractivity contribution in [3.05, 3.63) is 29.8 Å². The Balaban J connectivity index is 2.76. The van der Waals surface area contributed by atoms with Crippen LogP contribution in [0.4, 0.5) is 5.69 Å². The third-order valence-electron chi connectivity index (χ3n) is 1.67. The van der Waals surface area contributed by atoms with Gasteiger partial charge in [0.25, 0.3) is 0 Å². The second kappa shape index (κ2) is 4.93. The number of hydrogen-bond donors (Lipinski definition) is 1. The van der Waals surface area contributed by atoms with Crippen molar-refractivity contribution in [2.75, 3.05) is 19.5 Å². The van der Waals surface area contributed by atoms with Crippen molar-refractivity contribution in [2.24, 2.45) is 0 Å². The number of methoxy groups -OCH3 is 1. The number of anilines is 1. The zero-order valence-electron chi connectivity index (χ0n) is 8.13. The highest BCUT2D eigenvalue weighted by atomic mass is 16.5. The van der Waals surface area contributed by atoms with Crippen molar-refractivity contribution in [3.8, 4) is 11.8 Å². The average molecular weight is 189 g/mol. The van der Waals surface area contributed by atoms with Gasteiger partial charge in [-0.25, -0.2) is 4.79 Å². The van der Waals surface area contributed by atoms with E-state index in [9.17, 15) is 4.79 Å². The van der Waals surface area contributed by atoms with Crippen LogP contribution in [0.15, 0.2) is 24.3 Å². The van der Waals surface area contributed by atoms with Gasteiger partial charge in [0, 0.05) is 24.2 Å². The highest BCUT2D eigenvalue weighted by Crippen LogP contribution is 2.06. The first-order valence-corrected chi connectivity index (χ1v) is 4.14. The fourth-order valence-electron chi connectivity index (χ4n) is 0.894. The van der Waals surface area contributed by atoms with E-state index < -0.39 is 5.97 Å². The zero-order valence-corrected chi connectivity index (χ0v) is 8.13. The van der Waals surface area contributed by atoms with E-state index in [0.29, 0.717) is 0 Å². The van der Waals surface area contributed by atoms with E-state index in [1.807, 2.05) is 31.3 Å². The summed E-state index contributed by atoms with van der Waals surface area (Å²) in [4.78, 5) is 10.7. The maximum absolute atomic E-state index is 10.7. The molecule has 0 atom stereocenters. The molecule has 0 aromatic heterocycles. The number of rotatable bonds is 1. The van der Waals surface area contributed by atoms with E-state index in [1.165, 1.54) is 7.11 Å². The maximum Gasteiger partial charge on any atom is 0.384 e. The van der Waals surface area contributed by atoms with Crippen LogP contribution in [-0.2, 0) is 9.53 Å². The van der Waals surface area contributed by atoms with Gasteiger partial charge in [-0.2, -0.15) is 0 Å². The predicted octanol–water partition coefficient (Wildman–Crippen LogP) is 1.25. The Bertz CT molecular complexity index is 371. The average Bonchev–Trinajstić information content (AvgIpc) is 2.26. The third kappa shape index (κ3) is 2.83. The van der Waals surface area contributed by atoms with Crippen LogP contribution in [0, 0.1) is 11.8 Å². The number of benzene rings is 1. The van der Waals surface area contributed by atoms with Crippen molar-refractivity contribution in [1.82, 2.24) is 0 Å². The monoisotopic (exact) mass is 189 g/mol. The van der Waals surface area contributed by atoms with Gasteiger partial charge in [0.1, 0.15) is 0 Å². The smallest absolute Gasteiger partial charge is 0.384 e. The maximum atomic E-state index is 10.7. The standard InChI is InChI=1S/C11H11NO2/c1-12-10-6-3-9(4-7-10)5-8-11(13)14-2/h3-4,6-7,12H,1-2H3. The molecule has 0 aliphatic rings. The molecule has 0 heterocycles. The van der Waals surface area contributed by atoms with E-state index in [-0.39, 0.29) is 0 Å². The normalized spacial score (nSPS) is 8.43. The van der Waals surface area contributed by atoms with Gasteiger partial charge < -0.3 is 10.1 Å². The summed E-state index contributed by atoms with van der Waals surface area (Å²) < 4.78 is 4.39. The number of carbonyl (C=O) groups is 1. The van der Waals surface area contributed by atoms with Crippen molar-refractivity contribution in [2.45, 2.75) is 0 Å². The third-order valence-corrected chi connectivity index (χ3v) is 1.67. The molecule has 1 aromatic carbocycles. The largest absolute Gasteiger partial charge is 0.459 e. The van der Waals surface area contributed by atoms with Crippen LogP contribution < -0.4 is 5.32 Å². The van der Waals surface area contributed by atoms with Crippen LogP contribution in [0.3, 0.4) is 0 Å². The van der Waals surface area contributed by atoms with Crippen LogP contribution >= 0.6 is 0 Å². The first kappa shape index (κ1) is 10.1. The van der Waals surface area contributed by atoms with Crippen LogP contribution in [0.2, 0.25) is 0 Å². The molecular weight excluding hydrogens is 178 g/mol. The summed E-state index contributed by atoms with van der Waals surface area (Å²) in [6, 6.07) is 7.45. The topological polar surface area (TPSA) is 38.3 Å². The fraction of sp³-hybridized carbons (Fsp3) is 0.182. The number of nitrogens with one attached hydrogen (secondary N) is 1. The van der Waals surface area contributed by atoms with Gasteiger partial charge >= 0.3 is 5.97 Å². The predicted molar refractivity (Wildman–Crippen MR) is 54.9 cm³/mol. The van der Waals surface area contributed by atoms with E-state index >= 15 is 0 Å². The number of hydrogen-bond acceptors (Lipinski definition) is 3. The van der Waals surface area contributed by atoms with E-state index in [1.54, 1.807) is 0 Å². The Morgan fingerprint density at radius 2 is 2.00 bits per heavy atom. The minimum atomic E-state index is -0.525. The lowest BCUT2D eigenvalue weighted by Crippen LogP contribution is -1.94. The Morgan fingerprint density at radius 3 is 2.50 bits per heavy atom. The van der Waals surface area contributed by atoms with Crippen molar-refractivity contribution < 1.29 is 9.53 Å². The molecule has 0 saturated heterocycles. The summed E-state index contributed by atoms with van der Waals surface area (Å²) in [6.45, 7) is 0. The highest BCUT2D eigenvalue weighted by molar-refractivity contribution is 5.89. The van der Waals surface area contributed by atoms with Crippen LogP contribution in [0.1, 0.15) is 5.56 Å². The first-order valence-electron chi connectivity index (χ1n) is 4.14. The van der Waals surface area contributed by atoms with Gasteiger partial charge in [0.05, 0.1) is 7.11 Å². The summed E-state index contributed by atoms with van der Waals surface area (Å²) >= 11 is 0. The second-order valence-electron chi connectivity index (χ2n) is 2.57. The Kier molecular flexibility index (Phi) is 3.57. The fourth-order valence-corrected chi connectivity index (χ4v) is 0.894. The van der Waals surface area contributed by atoms with Gasteiger partial charge in [-0.1, -0.05) is 5.92 Å². The molecule has 1 N–H and O–H groups in total.